The van der Waals surface area contributed by atoms with Crippen molar-refractivity contribution in [2.24, 2.45) is 0 Å². The predicted octanol–water partition coefficient (Wildman–Crippen LogP) is 3.05. The van der Waals surface area contributed by atoms with Gasteiger partial charge in [0.2, 0.25) is 0 Å². The van der Waals surface area contributed by atoms with Crippen LogP contribution in [0.2, 0.25) is 0 Å². The van der Waals surface area contributed by atoms with E-state index in [1.165, 1.54) is 25.4 Å². The van der Waals surface area contributed by atoms with E-state index in [0.29, 0.717) is 17.8 Å². The highest BCUT2D eigenvalue weighted by molar-refractivity contribution is 6.08. The molecule has 0 aliphatic rings. The molecule has 0 atom stereocenters. The van der Waals surface area contributed by atoms with Crippen molar-refractivity contribution in [1.82, 2.24) is 10.3 Å². The van der Waals surface area contributed by atoms with E-state index in [0.717, 1.165) is 5.56 Å². The summed E-state index contributed by atoms with van der Waals surface area (Å²) in [6.07, 6.45) is 1.39. The molecule has 7 heteroatoms. The third kappa shape index (κ3) is 5.04. The zero-order valence-corrected chi connectivity index (χ0v) is 15.7. The van der Waals surface area contributed by atoms with Crippen molar-refractivity contribution >= 4 is 23.5 Å². The maximum atomic E-state index is 12.6. The largest absolute Gasteiger partial charge is 0.465 e. The number of aromatic nitrogens is 1. The normalized spacial score (nSPS) is 10.1. The molecular formula is C22H19N3O4. The Balaban J connectivity index is 1.71. The first kappa shape index (κ1) is 19.8. The molecule has 0 radical (unpaired) electrons. The van der Waals surface area contributed by atoms with Gasteiger partial charge in [-0.3, -0.25) is 14.6 Å². The third-order valence-corrected chi connectivity index (χ3v) is 4.13. The minimum absolute atomic E-state index is 0.0528. The molecule has 29 heavy (non-hydrogen) atoms. The maximum Gasteiger partial charge on any atom is 0.339 e. The van der Waals surface area contributed by atoms with Gasteiger partial charge in [-0.15, -0.1) is 0 Å². The SMILES string of the molecule is COC(=O)c1ccccc1NC(=O)c1cc(C(=O)NCc2ccccc2)ccn1. The summed E-state index contributed by atoms with van der Waals surface area (Å²) in [5.41, 5.74) is 1.84. The third-order valence-electron chi connectivity index (χ3n) is 4.13. The smallest absolute Gasteiger partial charge is 0.339 e. The number of hydrogen-bond donors (Lipinski definition) is 2. The molecule has 146 valence electrons. The zero-order chi connectivity index (χ0) is 20.6. The highest BCUT2D eigenvalue weighted by Crippen LogP contribution is 2.17. The number of methoxy groups -OCH3 is 1. The fraction of sp³-hybridized carbons (Fsp3) is 0.0909. The first-order chi connectivity index (χ1) is 14.1. The van der Waals surface area contributed by atoms with Crippen LogP contribution in [0.25, 0.3) is 0 Å². The molecule has 3 aromatic rings. The number of rotatable bonds is 6. The van der Waals surface area contributed by atoms with Crippen LogP contribution in [-0.2, 0) is 11.3 Å². The highest BCUT2D eigenvalue weighted by Gasteiger charge is 2.16. The second-order valence-electron chi connectivity index (χ2n) is 6.09. The topological polar surface area (TPSA) is 97.4 Å². The van der Waals surface area contributed by atoms with Gasteiger partial charge in [0.25, 0.3) is 11.8 Å². The zero-order valence-electron chi connectivity index (χ0n) is 15.7. The van der Waals surface area contributed by atoms with E-state index in [9.17, 15) is 14.4 Å². The minimum Gasteiger partial charge on any atom is -0.465 e. The Hall–Kier alpha value is -4.00. The molecule has 2 aromatic carbocycles. The molecule has 0 saturated heterocycles. The Bertz CT molecular complexity index is 1030. The summed E-state index contributed by atoms with van der Waals surface area (Å²) in [6.45, 7) is 0.371. The number of benzene rings is 2. The van der Waals surface area contributed by atoms with E-state index < -0.39 is 11.9 Å². The lowest BCUT2D eigenvalue weighted by molar-refractivity contribution is 0.0601. The van der Waals surface area contributed by atoms with E-state index in [2.05, 4.69) is 15.6 Å². The van der Waals surface area contributed by atoms with E-state index in [1.807, 2.05) is 30.3 Å². The van der Waals surface area contributed by atoms with Crippen molar-refractivity contribution in [2.75, 3.05) is 12.4 Å². The number of anilines is 1. The van der Waals surface area contributed by atoms with Crippen molar-refractivity contribution in [3.05, 3.63) is 95.3 Å². The quantitative estimate of drug-likeness (QED) is 0.632. The van der Waals surface area contributed by atoms with Crippen LogP contribution in [0.4, 0.5) is 5.69 Å². The van der Waals surface area contributed by atoms with Crippen LogP contribution in [-0.4, -0.2) is 29.9 Å². The number of carbonyl (C=O) groups excluding carboxylic acids is 3. The van der Waals surface area contributed by atoms with Gasteiger partial charge in [-0.2, -0.15) is 0 Å². The summed E-state index contributed by atoms with van der Waals surface area (Å²) in [6, 6.07) is 18.9. The fourth-order valence-corrected chi connectivity index (χ4v) is 2.64. The molecule has 0 aliphatic carbocycles. The number of amides is 2. The first-order valence-electron chi connectivity index (χ1n) is 8.85. The van der Waals surface area contributed by atoms with Gasteiger partial charge in [-0.25, -0.2) is 4.79 Å². The second-order valence-corrected chi connectivity index (χ2v) is 6.09. The number of esters is 1. The molecule has 2 N–H and O–H groups in total. The van der Waals surface area contributed by atoms with Crippen molar-refractivity contribution < 1.29 is 19.1 Å². The van der Waals surface area contributed by atoms with E-state index in [4.69, 9.17) is 4.74 Å². The lowest BCUT2D eigenvalue weighted by Gasteiger charge is -2.10. The molecule has 0 aliphatic heterocycles. The number of para-hydroxylation sites is 1. The Kier molecular flexibility index (Phi) is 6.32. The first-order valence-corrected chi connectivity index (χ1v) is 8.85. The fourth-order valence-electron chi connectivity index (χ4n) is 2.64. The molecule has 2 amide bonds. The van der Waals surface area contributed by atoms with Gasteiger partial charge in [0, 0.05) is 18.3 Å². The average Bonchev–Trinajstić information content (AvgIpc) is 2.78. The summed E-state index contributed by atoms with van der Waals surface area (Å²) in [7, 11) is 1.26. The van der Waals surface area contributed by atoms with Crippen LogP contribution in [0.1, 0.15) is 36.8 Å². The van der Waals surface area contributed by atoms with Crippen LogP contribution in [0.5, 0.6) is 0 Å². The van der Waals surface area contributed by atoms with Crippen molar-refractivity contribution in [1.29, 1.82) is 0 Å². The molecule has 0 bridgehead atoms. The molecule has 1 heterocycles. The second kappa shape index (κ2) is 9.27. The van der Waals surface area contributed by atoms with Crippen LogP contribution in [0.15, 0.2) is 72.9 Å². The van der Waals surface area contributed by atoms with Crippen LogP contribution in [0, 0.1) is 0 Å². The number of carbonyl (C=O) groups is 3. The minimum atomic E-state index is -0.567. The molecule has 7 nitrogen and oxygen atoms in total. The molecular weight excluding hydrogens is 370 g/mol. The van der Waals surface area contributed by atoms with Gasteiger partial charge in [0.15, 0.2) is 0 Å². The van der Waals surface area contributed by atoms with Crippen LogP contribution < -0.4 is 10.6 Å². The van der Waals surface area contributed by atoms with Gasteiger partial charge in [-0.1, -0.05) is 42.5 Å². The summed E-state index contributed by atoms with van der Waals surface area (Å²) in [5, 5.41) is 5.44. The Morgan fingerprint density at radius 3 is 2.41 bits per heavy atom. The highest BCUT2D eigenvalue weighted by atomic mass is 16.5. The molecule has 3 rings (SSSR count). The van der Waals surface area contributed by atoms with Gasteiger partial charge in [0.1, 0.15) is 5.69 Å². The summed E-state index contributed by atoms with van der Waals surface area (Å²) in [4.78, 5) is 40.8. The molecule has 0 spiro atoms. The standard InChI is InChI=1S/C22H19N3O4/c1-29-22(28)17-9-5-6-10-18(17)25-21(27)19-13-16(11-12-23-19)20(26)24-14-15-7-3-2-4-8-15/h2-13H,14H2,1H3,(H,24,26)(H,25,27). The average molecular weight is 389 g/mol. The lowest BCUT2D eigenvalue weighted by Crippen LogP contribution is -2.24. The van der Waals surface area contributed by atoms with Crippen molar-refractivity contribution in [3.63, 3.8) is 0 Å². The maximum absolute atomic E-state index is 12.6. The monoisotopic (exact) mass is 389 g/mol. The Labute approximate surface area is 167 Å². The van der Waals surface area contributed by atoms with Gasteiger partial charge in [-0.05, 0) is 29.8 Å². The molecule has 1 aromatic heterocycles. The van der Waals surface area contributed by atoms with Crippen molar-refractivity contribution in [2.45, 2.75) is 6.54 Å². The van der Waals surface area contributed by atoms with E-state index >= 15 is 0 Å². The number of pyridine rings is 1. The number of hydrogen-bond acceptors (Lipinski definition) is 5. The lowest BCUT2D eigenvalue weighted by atomic mass is 10.1. The molecule has 0 fully saturated rings. The Morgan fingerprint density at radius 1 is 0.931 bits per heavy atom. The summed E-state index contributed by atoms with van der Waals surface area (Å²) < 4.78 is 4.72. The summed E-state index contributed by atoms with van der Waals surface area (Å²) in [5.74, 6) is -1.43. The number of nitrogens with zero attached hydrogens (tertiary/aromatic N) is 1. The van der Waals surface area contributed by atoms with Crippen molar-refractivity contribution in [3.8, 4) is 0 Å². The Morgan fingerprint density at radius 2 is 1.66 bits per heavy atom. The predicted molar refractivity (Wildman–Crippen MR) is 108 cm³/mol. The molecule has 0 unspecified atom stereocenters. The van der Waals surface area contributed by atoms with E-state index in [1.54, 1.807) is 24.3 Å². The number of ether oxygens (including phenoxy) is 1. The summed E-state index contributed by atoms with van der Waals surface area (Å²) >= 11 is 0. The van der Waals surface area contributed by atoms with Crippen LogP contribution >= 0.6 is 0 Å². The van der Waals surface area contributed by atoms with Gasteiger partial charge < -0.3 is 15.4 Å². The van der Waals surface area contributed by atoms with E-state index in [-0.39, 0.29) is 17.2 Å². The van der Waals surface area contributed by atoms with Gasteiger partial charge >= 0.3 is 5.97 Å². The van der Waals surface area contributed by atoms with Crippen LogP contribution in [0.3, 0.4) is 0 Å². The number of nitrogens with one attached hydrogen (secondary N) is 2. The molecule has 0 saturated carbocycles. The van der Waals surface area contributed by atoms with Gasteiger partial charge in [0.05, 0.1) is 18.4 Å².